The molecule has 7 nitrogen and oxygen atoms in total. The van der Waals surface area contributed by atoms with Crippen molar-refractivity contribution in [1.29, 1.82) is 5.26 Å². The van der Waals surface area contributed by atoms with Gasteiger partial charge in [-0.15, -0.1) is 0 Å². The summed E-state index contributed by atoms with van der Waals surface area (Å²) in [7, 11) is 0. The van der Waals surface area contributed by atoms with E-state index in [9.17, 15) is 15.2 Å². The Bertz CT molecular complexity index is 1400. The topological polar surface area (TPSA) is 99.6 Å². The van der Waals surface area contributed by atoms with Crippen LogP contribution in [0.2, 0.25) is 0 Å². The number of nitriles is 1. The lowest BCUT2D eigenvalue weighted by Gasteiger charge is -2.19. The SMILES string of the molecule is Cc1cccn2cc(-c3ccc(CC(CCO)NC(=O)c4ccc(OC(C)C)c(C#N)c4)cc3)nc12. The summed E-state index contributed by atoms with van der Waals surface area (Å²) in [5, 5.41) is 22.0. The number of amides is 1. The predicted octanol–water partition coefficient (Wildman–Crippen LogP) is 4.69. The standard InChI is InChI=1S/C29H30N4O3/c1-19(2)36-27-11-10-23(16-24(27)17-30)29(35)31-25(12-14-34)15-21-6-8-22(9-7-21)26-18-33-13-4-5-20(3)28(33)32-26/h4-11,13,16,18-19,25,34H,12,14-15H2,1-3H3,(H,31,35). The molecule has 0 aliphatic carbocycles. The van der Waals surface area contributed by atoms with Gasteiger partial charge in [0.2, 0.25) is 0 Å². The van der Waals surface area contributed by atoms with Crippen LogP contribution in [0.1, 0.15) is 47.3 Å². The second-order valence-electron chi connectivity index (χ2n) is 9.12. The number of nitrogens with one attached hydrogen (secondary N) is 1. The summed E-state index contributed by atoms with van der Waals surface area (Å²) in [4.78, 5) is 17.7. The normalized spacial score (nSPS) is 11.9. The minimum Gasteiger partial charge on any atom is -0.490 e. The first-order valence-electron chi connectivity index (χ1n) is 12.0. The van der Waals surface area contributed by atoms with Gasteiger partial charge in [-0.2, -0.15) is 5.26 Å². The minimum absolute atomic E-state index is 0.0474. The lowest BCUT2D eigenvalue weighted by Crippen LogP contribution is -2.37. The largest absolute Gasteiger partial charge is 0.490 e. The number of fused-ring (bicyclic) bond motifs is 1. The summed E-state index contributed by atoms with van der Waals surface area (Å²) < 4.78 is 7.66. The molecule has 2 aromatic heterocycles. The van der Waals surface area contributed by atoms with E-state index < -0.39 is 0 Å². The number of aromatic nitrogens is 2. The maximum atomic E-state index is 12.9. The zero-order valence-corrected chi connectivity index (χ0v) is 20.7. The van der Waals surface area contributed by atoms with Crippen LogP contribution in [0.4, 0.5) is 0 Å². The lowest BCUT2D eigenvalue weighted by atomic mass is 10.0. The van der Waals surface area contributed by atoms with Crippen LogP contribution in [-0.2, 0) is 6.42 Å². The Labute approximate surface area is 211 Å². The number of benzene rings is 2. The summed E-state index contributed by atoms with van der Waals surface area (Å²) >= 11 is 0. The maximum absolute atomic E-state index is 12.9. The van der Waals surface area contributed by atoms with Gasteiger partial charge in [-0.1, -0.05) is 30.3 Å². The third-order valence-corrected chi connectivity index (χ3v) is 5.95. The first-order chi connectivity index (χ1) is 17.4. The van der Waals surface area contributed by atoms with Gasteiger partial charge in [-0.05, 0) is 69.0 Å². The quantitative estimate of drug-likeness (QED) is 0.360. The van der Waals surface area contributed by atoms with E-state index in [1.807, 2.05) is 74.0 Å². The molecular formula is C29H30N4O3. The highest BCUT2D eigenvalue weighted by Crippen LogP contribution is 2.23. The third-order valence-electron chi connectivity index (χ3n) is 5.95. The molecule has 184 valence electrons. The summed E-state index contributed by atoms with van der Waals surface area (Å²) in [5.74, 6) is 0.162. The Kier molecular flexibility index (Phi) is 7.67. The van der Waals surface area contributed by atoms with Crippen molar-refractivity contribution in [1.82, 2.24) is 14.7 Å². The molecule has 0 fully saturated rings. The second kappa shape index (κ2) is 11.1. The van der Waals surface area contributed by atoms with Crippen LogP contribution in [0.3, 0.4) is 0 Å². The third kappa shape index (κ3) is 5.73. The van der Waals surface area contributed by atoms with E-state index in [4.69, 9.17) is 9.72 Å². The van der Waals surface area contributed by atoms with Crippen LogP contribution in [0.15, 0.2) is 67.0 Å². The fraction of sp³-hybridized carbons (Fsp3) is 0.276. The zero-order chi connectivity index (χ0) is 25.7. The van der Waals surface area contributed by atoms with Gasteiger partial charge in [0, 0.05) is 36.2 Å². The van der Waals surface area contributed by atoms with Gasteiger partial charge in [-0.3, -0.25) is 4.79 Å². The molecule has 0 aliphatic rings. The van der Waals surface area contributed by atoms with Gasteiger partial charge in [0.1, 0.15) is 17.5 Å². The van der Waals surface area contributed by atoms with E-state index in [1.165, 1.54) is 6.07 Å². The molecule has 0 aliphatic heterocycles. The molecule has 0 saturated carbocycles. The lowest BCUT2D eigenvalue weighted by molar-refractivity contribution is 0.0930. The number of ether oxygens (including phenoxy) is 1. The summed E-state index contributed by atoms with van der Waals surface area (Å²) in [6.07, 6.45) is 4.91. The number of aliphatic hydroxyl groups is 1. The van der Waals surface area contributed by atoms with E-state index in [0.29, 0.717) is 29.7 Å². The molecule has 1 amide bonds. The number of hydrogen-bond donors (Lipinski definition) is 2. The summed E-state index contributed by atoms with van der Waals surface area (Å²) in [6.45, 7) is 5.76. The highest BCUT2D eigenvalue weighted by molar-refractivity contribution is 5.95. The van der Waals surface area contributed by atoms with Gasteiger partial charge in [0.15, 0.2) is 0 Å². The van der Waals surface area contributed by atoms with Gasteiger partial charge < -0.3 is 19.6 Å². The number of imidazole rings is 1. The minimum atomic E-state index is -0.294. The van der Waals surface area contributed by atoms with E-state index in [1.54, 1.807) is 12.1 Å². The Morgan fingerprint density at radius 3 is 2.64 bits per heavy atom. The number of aryl methyl sites for hydroxylation is 1. The highest BCUT2D eigenvalue weighted by Gasteiger charge is 2.17. The summed E-state index contributed by atoms with van der Waals surface area (Å²) in [5.41, 5.74) is 5.69. The van der Waals surface area contributed by atoms with Crippen LogP contribution < -0.4 is 10.1 Å². The number of carbonyl (C=O) groups is 1. The highest BCUT2D eigenvalue weighted by atomic mass is 16.5. The average molecular weight is 483 g/mol. The average Bonchev–Trinajstić information content (AvgIpc) is 3.30. The Morgan fingerprint density at radius 2 is 1.97 bits per heavy atom. The predicted molar refractivity (Wildman–Crippen MR) is 139 cm³/mol. The molecule has 4 rings (SSSR count). The van der Waals surface area contributed by atoms with Crippen molar-refractivity contribution in [3.8, 4) is 23.1 Å². The zero-order valence-electron chi connectivity index (χ0n) is 20.7. The molecule has 0 saturated heterocycles. The molecule has 0 bridgehead atoms. The molecule has 36 heavy (non-hydrogen) atoms. The number of carbonyl (C=O) groups excluding carboxylic acids is 1. The number of pyridine rings is 1. The number of nitrogens with zero attached hydrogens (tertiary/aromatic N) is 3. The fourth-order valence-corrected chi connectivity index (χ4v) is 4.15. The van der Waals surface area contributed by atoms with Crippen molar-refractivity contribution in [2.24, 2.45) is 0 Å². The first-order valence-corrected chi connectivity index (χ1v) is 12.0. The van der Waals surface area contributed by atoms with Crippen LogP contribution >= 0.6 is 0 Å². The maximum Gasteiger partial charge on any atom is 0.251 e. The summed E-state index contributed by atoms with van der Waals surface area (Å²) in [6, 6.07) is 18.8. The molecule has 1 atom stereocenters. The molecule has 2 N–H and O–H groups in total. The van der Waals surface area contributed by atoms with Crippen molar-refractivity contribution in [2.75, 3.05) is 6.61 Å². The van der Waals surface area contributed by atoms with Crippen molar-refractivity contribution >= 4 is 11.6 Å². The first kappa shape index (κ1) is 25.0. The van der Waals surface area contributed by atoms with E-state index in [2.05, 4.69) is 11.4 Å². The van der Waals surface area contributed by atoms with Gasteiger partial charge in [0.25, 0.3) is 5.91 Å². The Morgan fingerprint density at radius 1 is 1.19 bits per heavy atom. The van der Waals surface area contributed by atoms with Gasteiger partial charge in [-0.25, -0.2) is 4.98 Å². The second-order valence-corrected chi connectivity index (χ2v) is 9.12. The number of hydrogen-bond acceptors (Lipinski definition) is 5. The van der Waals surface area contributed by atoms with E-state index >= 15 is 0 Å². The van der Waals surface area contributed by atoms with Crippen molar-refractivity contribution in [3.05, 3.63) is 89.2 Å². The van der Waals surface area contributed by atoms with Crippen molar-refractivity contribution < 1.29 is 14.6 Å². The van der Waals surface area contributed by atoms with Crippen LogP contribution in [0.5, 0.6) is 5.75 Å². The van der Waals surface area contributed by atoms with Crippen LogP contribution in [0, 0.1) is 18.3 Å². The molecule has 0 radical (unpaired) electrons. The van der Waals surface area contributed by atoms with E-state index in [0.717, 1.165) is 28.0 Å². The van der Waals surface area contributed by atoms with Crippen LogP contribution in [-0.4, -0.2) is 39.2 Å². The molecule has 4 aromatic rings. The number of aliphatic hydroxyl groups excluding tert-OH is 1. The van der Waals surface area contributed by atoms with Crippen molar-refractivity contribution in [2.45, 2.75) is 45.8 Å². The molecule has 0 spiro atoms. The van der Waals surface area contributed by atoms with Crippen molar-refractivity contribution in [3.63, 3.8) is 0 Å². The van der Waals surface area contributed by atoms with Gasteiger partial charge in [0.05, 0.1) is 17.4 Å². The molecule has 7 heteroatoms. The fourth-order valence-electron chi connectivity index (χ4n) is 4.15. The Hall–Kier alpha value is -4.15. The molecule has 2 aromatic carbocycles. The van der Waals surface area contributed by atoms with Crippen LogP contribution in [0.25, 0.3) is 16.9 Å². The Balaban J connectivity index is 1.46. The molecule has 1 unspecified atom stereocenters. The molecule has 2 heterocycles. The monoisotopic (exact) mass is 482 g/mol. The van der Waals surface area contributed by atoms with Gasteiger partial charge >= 0.3 is 0 Å². The number of rotatable bonds is 9. The van der Waals surface area contributed by atoms with E-state index in [-0.39, 0.29) is 24.7 Å². The smallest absolute Gasteiger partial charge is 0.251 e. The molecular weight excluding hydrogens is 452 g/mol.